The number of esters is 1. The largest absolute Gasteiger partial charge is 0.466 e. The van der Waals surface area contributed by atoms with Gasteiger partial charge in [-0.3, -0.25) is 4.79 Å². The lowest BCUT2D eigenvalue weighted by atomic mass is 10.0. The van der Waals surface area contributed by atoms with Gasteiger partial charge in [0.2, 0.25) is 0 Å². The summed E-state index contributed by atoms with van der Waals surface area (Å²) < 4.78 is 5.03. The van der Waals surface area contributed by atoms with Crippen LogP contribution in [0.1, 0.15) is 78.6 Å². The van der Waals surface area contributed by atoms with Crippen molar-refractivity contribution < 1.29 is 9.53 Å². The second kappa shape index (κ2) is 12.7. The van der Waals surface area contributed by atoms with Gasteiger partial charge in [-0.05, 0) is 32.6 Å². The highest BCUT2D eigenvalue weighted by atomic mass is 16.5. The smallest absolute Gasteiger partial charge is 0.309 e. The fourth-order valence-corrected chi connectivity index (χ4v) is 1.96. The number of carbonyl (C=O) groups is 1. The van der Waals surface area contributed by atoms with Gasteiger partial charge in [-0.15, -0.1) is 0 Å². The van der Waals surface area contributed by atoms with Crippen LogP contribution in [0.25, 0.3) is 0 Å². The van der Waals surface area contributed by atoms with E-state index in [1.807, 2.05) is 6.92 Å². The summed E-state index contributed by atoms with van der Waals surface area (Å²) in [5, 5.41) is 0. The molecule has 0 aromatic carbocycles. The first-order valence-corrected chi connectivity index (χ1v) is 7.58. The molecule has 0 amide bonds. The van der Waals surface area contributed by atoms with E-state index < -0.39 is 0 Å². The van der Waals surface area contributed by atoms with Crippen molar-refractivity contribution in [3.05, 3.63) is 11.6 Å². The van der Waals surface area contributed by atoms with Gasteiger partial charge in [0.25, 0.3) is 0 Å². The summed E-state index contributed by atoms with van der Waals surface area (Å²) in [7, 11) is 0. The standard InChI is InChI=1S/C16H30O2/c1-4-7-9-11-13-15(12-10-8-5-2)14-16(17)18-6-3/h13H,4-12,14H2,1-3H3/b15-13+. The van der Waals surface area contributed by atoms with E-state index in [0.29, 0.717) is 13.0 Å². The first-order valence-electron chi connectivity index (χ1n) is 7.58. The average Bonchev–Trinajstić information content (AvgIpc) is 2.35. The van der Waals surface area contributed by atoms with Crippen molar-refractivity contribution in [1.82, 2.24) is 0 Å². The zero-order valence-corrected chi connectivity index (χ0v) is 12.5. The molecule has 0 aliphatic carbocycles. The summed E-state index contributed by atoms with van der Waals surface area (Å²) in [5.41, 5.74) is 1.28. The fourth-order valence-electron chi connectivity index (χ4n) is 1.96. The van der Waals surface area contributed by atoms with Crippen molar-refractivity contribution in [3.63, 3.8) is 0 Å². The summed E-state index contributed by atoms with van der Waals surface area (Å²) in [6.07, 6.45) is 12.3. The van der Waals surface area contributed by atoms with Crippen molar-refractivity contribution in [2.24, 2.45) is 0 Å². The van der Waals surface area contributed by atoms with Gasteiger partial charge >= 0.3 is 5.97 Å². The van der Waals surface area contributed by atoms with Crippen molar-refractivity contribution in [3.8, 4) is 0 Å². The summed E-state index contributed by atoms with van der Waals surface area (Å²) in [5.74, 6) is -0.0734. The predicted octanol–water partition coefficient (Wildman–Crippen LogP) is 5.03. The third kappa shape index (κ3) is 10.4. The molecule has 0 fully saturated rings. The number of rotatable bonds is 11. The normalized spacial score (nSPS) is 11.6. The zero-order chi connectivity index (χ0) is 13.6. The number of ether oxygens (including phenoxy) is 1. The van der Waals surface area contributed by atoms with Crippen LogP contribution in [0.4, 0.5) is 0 Å². The van der Waals surface area contributed by atoms with Crippen LogP contribution in [-0.2, 0) is 9.53 Å². The molecule has 0 bridgehead atoms. The van der Waals surface area contributed by atoms with Gasteiger partial charge in [-0.25, -0.2) is 0 Å². The molecule has 0 unspecified atom stereocenters. The van der Waals surface area contributed by atoms with Gasteiger partial charge in [-0.1, -0.05) is 51.2 Å². The zero-order valence-electron chi connectivity index (χ0n) is 12.5. The lowest BCUT2D eigenvalue weighted by molar-refractivity contribution is -0.142. The topological polar surface area (TPSA) is 26.3 Å². The summed E-state index contributed by atoms with van der Waals surface area (Å²) in [6.45, 7) is 6.76. The van der Waals surface area contributed by atoms with Crippen molar-refractivity contribution in [2.45, 2.75) is 78.6 Å². The van der Waals surface area contributed by atoms with Crippen molar-refractivity contribution in [1.29, 1.82) is 0 Å². The Balaban J connectivity index is 4.09. The molecule has 0 N–H and O–H groups in total. The lowest BCUT2D eigenvalue weighted by Crippen LogP contribution is -2.05. The summed E-state index contributed by atoms with van der Waals surface area (Å²) in [6, 6.07) is 0. The van der Waals surface area contributed by atoms with E-state index in [4.69, 9.17) is 4.74 Å². The highest BCUT2D eigenvalue weighted by molar-refractivity contribution is 5.72. The molecule has 0 aliphatic heterocycles. The highest BCUT2D eigenvalue weighted by Crippen LogP contribution is 2.15. The maximum Gasteiger partial charge on any atom is 0.309 e. The van der Waals surface area contributed by atoms with E-state index in [-0.39, 0.29) is 5.97 Å². The molecule has 0 aromatic heterocycles. The van der Waals surface area contributed by atoms with E-state index in [0.717, 1.165) is 12.8 Å². The minimum Gasteiger partial charge on any atom is -0.466 e. The Morgan fingerprint density at radius 2 is 1.67 bits per heavy atom. The van der Waals surface area contributed by atoms with Gasteiger partial charge in [0, 0.05) is 0 Å². The Morgan fingerprint density at radius 1 is 1.00 bits per heavy atom. The minimum atomic E-state index is -0.0734. The number of hydrogen-bond donors (Lipinski definition) is 0. The van der Waals surface area contributed by atoms with E-state index in [2.05, 4.69) is 19.9 Å². The molecule has 2 nitrogen and oxygen atoms in total. The molecule has 0 aliphatic rings. The Morgan fingerprint density at radius 3 is 2.28 bits per heavy atom. The van der Waals surface area contributed by atoms with Crippen LogP contribution in [0, 0.1) is 0 Å². The van der Waals surface area contributed by atoms with E-state index in [1.54, 1.807) is 0 Å². The molecule has 0 spiro atoms. The SMILES string of the molecule is CCCCC/C=C(\CCCCC)CC(=O)OCC. The van der Waals surface area contributed by atoms with Crippen LogP contribution in [0.5, 0.6) is 0 Å². The van der Waals surface area contributed by atoms with Crippen LogP contribution in [-0.4, -0.2) is 12.6 Å². The molecule has 0 rings (SSSR count). The van der Waals surface area contributed by atoms with Crippen LogP contribution >= 0.6 is 0 Å². The van der Waals surface area contributed by atoms with Gasteiger partial charge in [0.05, 0.1) is 13.0 Å². The van der Waals surface area contributed by atoms with Crippen LogP contribution in [0.3, 0.4) is 0 Å². The summed E-state index contributed by atoms with van der Waals surface area (Å²) >= 11 is 0. The molecule has 0 radical (unpaired) electrons. The molecule has 0 aromatic rings. The second-order valence-electron chi connectivity index (χ2n) is 4.80. The molecule has 106 valence electrons. The number of hydrogen-bond acceptors (Lipinski definition) is 2. The first-order chi connectivity index (χ1) is 8.74. The summed E-state index contributed by atoms with van der Waals surface area (Å²) in [4.78, 5) is 11.5. The van der Waals surface area contributed by atoms with Crippen molar-refractivity contribution >= 4 is 5.97 Å². The number of allylic oxidation sites excluding steroid dienone is 1. The third-order valence-electron chi connectivity index (χ3n) is 3.02. The Bertz CT molecular complexity index is 231. The Kier molecular flexibility index (Phi) is 12.1. The van der Waals surface area contributed by atoms with Gasteiger partial charge in [0.1, 0.15) is 0 Å². The molecule has 0 atom stereocenters. The van der Waals surface area contributed by atoms with Gasteiger partial charge in [0.15, 0.2) is 0 Å². The van der Waals surface area contributed by atoms with Crippen LogP contribution in [0.15, 0.2) is 11.6 Å². The minimum absolute atomic E-state index is 0.0734. The Labute approximate surface area is 113 Å². The second-order valence-corrected chi connectivity index (χ2v) is 4.80. The van der Waals surface area contributed by atoms with E-state index in [9.17, 15) is 4.79 Å². The van der Waals surface area contributed by atoms with Gasteiger partial charge in [-0.2, -0.15) is 0 Å². The fraction of sp³-hybridized carbons (Fsp3) is 0.812. The quantitative estimate of drug-likeness (QED) is 0.294. The monoisotopic (exact) mass is 254 g/mol. The highest BCUT2D eigenvalue weighted by Gasteiger charge is 2.06. The molecule has 18 heavy (non-hydrogen) atoms. The van der Waals surface area contributed by atoms with E-state index >= 15 is 0 Å². The van der Waals surface area contributed by atoms with Gasteiger partial charge < -0.3 is 4.74 Å². The maximum atomic E-state index is 11.5. The van der Waals surface area contributed by atoms with E-state index in [1.165, 1.54) is 44.1 Å². The van der Waals surface area contributed by atoms with Crippen LogP contribution in [0.2, 0.25) is 0 Å². The molecular weight excluding hydrogens is 224 g/mol. The molecule has 2 heteroatoms. The molecular formula is C16H30O2. The maximum absolute atomic E-state index is 11.5. The third-order valence-corrected chi connectivity index (χ3v) is 3.02. The average molecular weight is 254 g/mol. The molecule has 0 saturated carbocycles. The Hall–Kier alpha value is -0.790. The number of unbranched alkanes of at least 4 members (excludes halogenated alkanes) is 5. The number of carbonyl (C=O) groups excluding carboxylic acids is 1. The predicted molar refractivity (Wildman–Crippen MR) is 77.6 cm³/mol. The molecule has 0 saturated heterocycles. The van der Waals surface area contributed by atoms with Crippen LogP contribution < -0.4 is 0 Å². The first kappa shape index (κ1) is 17.2. The van der Waals surface area contributed by atoms with Crippen molar-refractivity contribution in [2.75, 3.05) is 6.61 Å². The molecule has 0 heterocycles. The lowest BCUT2D eigenvalue weighted by Gasteiger charge is -2.07.